The summed E-state index contributed by atoms with van der Waals surface area (Å²) in [6, 6.07) is 4.36. The SMILES string of the molecule is Cc1cnn(CC(=O)N[C@@H](c2cccs2)C2CCCC2)c1. The highest BCUT2D eigenvalue weighted by molar-refractivity contribution is 7.10. The first-order chi connectivity index (χ1) is 10.2. The summed E-state index contributed by atoms with van der Waals surface area (Å²) in [7, 11) is 0. The molecule has 0 unspecified atom stereocenters. The van der Waals surface area contributed by atoms with Crippen LogP contribution < -0.4 is 5.32 Å². The summed E-state index contributed by atoms with van der Waals surface area (Å²) >= 11 is 1.73. The zero-order valence-electron chi connectivity index (χ0n) is 12.3. The van der Waals surface area contributed by atoms with E-state index in [0.29, 0.717) is 12.5 Å². The molecule has 1 saturated carbocycles. The Kier molecular flexibility index (Phi) is 4.39. The van der Waals surface area contributed by atoms with Crippen molar-refractivity contribution in [2.45, 2.75) is 45.2 Å². The fourth-order valence-electron chi connectivity index (χ4n) is 3.10. The Morgan fingerprint density at radius 3 is 2.95 bits per heavy atom. The molecule has 0 aliphatic heterocycles. The standard InChI is InChI=1S/C16H21N3OS/c1-12-9-17-19(10-12)11-15(20)18-16(13-5-2-3-6-13)14-7-4-8-21-14/h4,7-10,13,16H,2-3,5-6,11H2,1H3,(H,18,20)/t16-/m1/s1. The lowest BCUT2D eigenvalue weighted by molar-refractivity contribution is -0.123. The molecule has 1 amide bonds. The van der Waals surface area contributed by atoms with Gasteiger partial charge in [0, 0.05) is 11.1 Å². The van der Waals surface area contributed by atoms with Crippen LogP contribution in [0, 0.1) is 12.8 Å². The molecular weight excluding hydrogens is 282 g/mol. The number of nitrogens with zero attached hydrogens (tertiary/aromatic N) is 2. The highest BCUT2D eigenvalue weighted by Crippen LogP contribution is 2.37. The Hall–Kier alpha value is -1.62. The number of rotatable bonds is 5. The molecule has 0 radical (unpaired) electrons. The van der Waals surface area contributed by atoms with Gasteiger partial charge in [0.25, 0.3) is 0 Å². The zero-order valence-corrected chi connectivity index (χ0v) is 13.1. The minimum Gasteiger partial charge on any atom is -0.347 e. The van der Waals surface area contributed by atoms with Gasteiger partial charge >= 0.3 is 0 Å². The van der Waals surface area contributed by atoms with Crippen molar-refractivity contribution in [3.05, 3.63) is 40.3 Å². The monoisotopic (exact) mass is 303 g/mol. The minimum absolute atomic E-state index is 0.0448. The van der Waals surface area contributed by atoms with E-state index in [2.05, 4.69) is 27.9 Å². The molecule has 2 aromatic heterocycles. The number of hydrogen-bond donors (Lipinski definition) is 1. The quantitative estimate of drug-likeness (QED) is 0.921. The summed E-state index contributed by atoms with van der Waals surface area (Å²) in [4.78, 5) is 13.6. The molecule has 1 N–H and O–H groups in total. The Labute approximate surface area is 129 Å². The van der Waals surface area contributed by atoms with Crippen molar-refractivity contribution in [2.75, 3.05) is 0 Å². The number of nitrogens with one attached hydrogen (secondary N) is 1. The van der Waals surface area contributed by atoms with Gasteiger partial charge in [-0.15, -0.1) is 11.3 Å². The maximum absolute atomic E-state index is 12.3. The smallest absolute Gasteiger partial charge is 0.242 e. The molecule has 1 atom stereocenters. The van der Waals surface area contributed by atoms with E-state index in [1.165, 1.54) is 30.6 Å². The summed E-state index contributed by atoms with van der Waals surface area (Å²) in [5, 5.41) is 9.50. The van der Waals surface area contributed by atoms with Gasteiger partial charge in [-0.3, -0.25) is 9.48 Å². The maximum Gasteiger partial charge on any atom is 0.242 e. The van der Waals surface area contributed by atoms with Crippen molar-refractivity contribution in [2.24, 2.45) is 5.92 Å². The van der Waals surface area contributed by atoms with E-state index in [-0.39, 0.29) is 11.9 Å². The summed E-state index contributed by atoms with van der Waals surface area (Å²) < 4.78 is 1.70. The van der Waals surface area contributed by atoms with Crippen LogP contribution in [0.25, 0.3) is 0 Å². The van der Waals surface area contributed by atoms with Crippen LogP contribution in [0.5, 0.6) is 0 Å². The molecule has 21 heavy (non-hydrogen) atoms. The number of amides is 1. The van der Waals surface area contributed by atoms with Crippen LogP contribution in [0.1, 0.15) is 42.2 Å². The predicted molar refractivity (Wildman–Crippen MR) is 84.1 cm³/mol. The fourth-order valence-corrected chi connectivity index (χ4v) is 3.97. The number of aromatic nitrogens is 2. The fraction of sp³-hybridized carbons (Fsp3) is 0.500. The second-order valence-electron chi connectivity index (χ2n) is 5.82. The molecule has 0 aromatic carbocycles. The van der Waals surface area contributed by atoms with Gasteiger partial charge in [0.05, 0.1) is 12.2 Å². The average molecular weight is 303 g/mol. The van der Waals surface area contributed by atoms with Gasteiger partial charge in [0.2, 0.25) is 5.91 Å². The van der Waals surface area contributed by atoms with Gasteiger partial charge in [-0.2, -0.15) is 5.10 Å². The van der Waals surface area contributed by atoms with Crippen molar-refractivity contribution in [3.8, 4) is 0 Å². The van der Waals surface area contributed by atoms with E-state index in [4.69, 9.17) is 0 Å². The molecule has 1 aliphatic rings. The van der Waals surface area contributed by atoms with Crippen LogP contribution in [0.4, 0.5) is 0 Å². The molecule has 4 nitrogen and oxygen atoms in total. The van der Waals surface area contributed by atoms with Crippen molar-refractivity contribution < 1.29 is 4.79 Å². The summed E-state index contributed by atoms with van der Waals surface area (Å²) in [6.07, 6.45) is 8.66. The highest BCUT2D eigenvalue weighted by Gasteiger charge is 2.28. The number of aryl methyl sites for hydroxylation is 1. The molecular formula is C16H21N3OS. The average Bonchev–Trinajstić information content (AvgIpc) is 3.19. The van der Waals surface area contributed by atoms with Crippen molar-refractivity contribution >= 4 is 17.2 Å². The summed E-state index contributed by atoms with van der Waals surface area (Å²) in [5.41, 5.74) is 1.08. The van der Waals surface area contributed by atoms with Crippen LogP contribution in [-0.4, -0.2) is 15.7 Å². The number of hydrogen-bond acceptors (Lipinski definition) is 3. The second kappa shape index (κ2) is 6.43. The van der Waals surface area contributed by atoms with Crippen LogP contribution in [-0.2, 0) is 11.3 Å². The third kappa shape index (κ3) is 3.53. The van der Waals surface area contributed by atoms with Crippen molar-refractivity contribution in [1.29, 1.82) is 0 Å². The first kappa shape index (κ1) is 14.3. The normalized spacial score (nSPS) is 17.0. The first-order valence-electron chi connectivity index (χ1n) is 7.54. The number of carbonyl (C=O) groups is 1. The highest BCUT2D eigenvalue weighted by atomic mass is 32.1. The van der Waals surface area contributed by atoms with Gasteiger partial charge < -0.3 is 5.32 Å². The maximum atomic E-state index is 12.3. The van der Waals surface area contributed by atoms with E-state index >= 15 is 0 Å². The third-order valence-corrected chi connectivity index (χ3v) is 5.06. The van der Waals surface area contributed by atoms with Crippen LogP contribution in [0.2, 0.25) is 0 Å². The molecule has 0 spiro atoms. The summed E-state index contributed by atoms with van der Waals surface area (Å²) in [5.74, 6) is 0.621. The lowest BCUT2D eigenvalue weighted by Gasteiger charge is -2.23. The van der Waals surface area contributed by atoms with E-state index in [9.17, 15) is 4.79 Å². The second-order valence-corrected chi connectivity index (χ2v) is 6.80. The summed E-state index contributed by atoms with van der Waals surface area (Å²) in [6.45, 7) is 2.27. The largest absolute Gasteiger partial charge is 0.347 e. The van der Waals surface area contributed by atoms with Crippen molar-refractivity contribution in [1.82, 2.24) is 15.1 Å². The molecule has 1 fully saturated rings. The van der Waals surface area contributed by atoms with E-state index in [0.717, 1.165) is 5.56 Å². The van der Waals surface area contributed by atoms with Crippen LogP contribution in [0.3, 0.4) is 0 Å². The molecule has 5 heteroatoms. The zero-order chi connectivity index (χ0) is 14.7. The van der Waals surface area contributed by atoms with Crippen LogP contribution in [0.15, 0.2) is 29.9 Å². The molecule has 3 rings (SSSR count). The van der Waals surface area contributed by atoms with Gasteiger partial charge in [0.15, 0.2) is 0 Å². The molecule has 112 valence electrons. The molecule has 0 bridgehead atoms. The lowest BCUT2D eigenvalue weighted by atomic mass is 9.96. The topological polar surface area (TPSA) is 46.9 Å². The molecule has 1 aliphatic carbocycles. The van der Waals surface area contributed by atoms with Crippen LogP contribution >= 0.6 is 11.3 Å². The van der Waals surface area contributed by atoms with Gasteiger partial charge in [-0.25, -0.2) is 0 Å². The van der Waals surface area contributed by atoms with E-state index in [1.54, 1.807) is 22.2 Å². The van der Waals surface area contributed by atoms with E-state index in [1.807, 2.05) is 13.1 Å². The Bertz CT molecular complexity index is 584. The third-order valence-electron chi connectivity index (χ3n) is 4.11. The molecule has 2 heterocycles. The lowest BCUT2D eigenvalue weighted by Crippen LogP contribution is -2.34. The van der Waals surface area contributed by atoms with Gasteiger partial charge in [-0.1, -0.05) is 18.9 Å². The number of thiophene rings is 1. The first-order valence-corrected chi connectivity index (χ1v) is 8.42. The van der Waals surface area contributed by atoms with E-state index < -0.39 is 0 Å². The molecule has 2 aromatic rings. The number of carbonyl (C=O) groups excluding carboxylic acids is 1. The predicted octanol–water partition coefficient (Wildman–Crippen LogP) is 3.30. The Balaban J connectivity index is 1.67. The van der Waals surface area contributed by atoms with Gasteiger partial charge in [-0.05, 0) is 42.7 Å². The van der Waals surface area contributed by atoms with Crippen molar-refractivity contribution in [3.63, 3.8) is 0 Å². The minimum atomic E-state index is 0.0448. The Morgan fingerprint density at radius 1 is 1.52 bits per heavy atom. The Morgan fingerprint density at radius 2 is 2.33 bits per heavy atom. The molecule has 0 saturated heterocycles. The van der Waals surface area contributed by atoms with Gasteiger partial charge in [0.1, 0.15) is 6.54 Å².